The Morgan fingerprint density at radius 3 is 2.13 bits per heavy atom. The van der Waals surface area contributed by atoms with E-state index in [-0.39, 0.29) is 0 Å². The van der Waals surface area contributed by atoms with Gasteiger partial charge in [-0.15, -0.1) is 4.57 Å². The molecule has 1 aromatic carbocycles. The summed E-state index contributed by atoms with van der Waals surface area (Å²) in [5.74, 6) is -1.27. The Bertz CT molecular complexity index is 611. The number of benzene rings is 1. The van der Waals surface area contributed by atoms with Crippen LogP contribution in [0.4, 0.5) is 0 Å². The van der Waals surface area contributed by atoms with Gasteiger partial charge in [-0.3, -0.25) is 0 Å². The Hall–Kier alpha value is -1.05. The molecule has 0 spiro atoms. The molecule has 0 aliphatic carbocycles. The molecule has 23 heavy (non-hydrogen) atoms. The Balaban J connectivity index is 2.59. The van der Waals surface area contributed by atoms with Gasteiger partial charge in [0.1, 0.15) is 4.70 Å². The second-order valence-corrected chi connectivity index (χ2v) is 6.18. The Kier molecular flexibility index (Phi) is 6.50. The van der Waals surface area contributed by atoms with E-state index in [1.54, 1.807) is 18.4 Å². The molecule has 0 bridgehead atoms. The number of hydrogen-bond donors (Lipinski definition) is 0. The largest absolute Gasteiger partial charge is 0.378 e. The van der Waals surface area contributed by atoms with Crippen LogP contribution in [0.25, 0.3) is 10.2 Å². The van der Waals surface area contributed by atoms with Crippen molar-refractivity contribution in [2.45, 2.75) is 39.9 Å². The van der Waals surface area contributed by atoms with Crippen molar-refractivity contribution in [3.63, 3.8) is 0 Å². The van der Waals surface area contributed by atoms with Gasteiger partial charge in [-0.1, -0.05) is 23.5 Å². The van der Waals surface area contributed by atoms with Gasteiger partial charge in [-0.2, -0.15) is 0 Å². The van der Waals surface area contributed by atoms with Crippen molar-refractivity contribution in [3.8, 4) is 0 Å². The molecule has 1 aromatic heterocycles. The predicted octanol–water partition coefficient (Wildman–Crippen LogP) is 3.41. The van der Waals surface area contributed by atoms with Gasteiger partial charge >= 0.3 is 12.2 Å². The van der Waals surface area contributed by atoms with Crippen LogP contribution in [0.15, 0.2) is 24.3 Å². The fourth-order valence-corrected chi connectivity index (χ4v) is 3.79. The van der Waals surface area contributed by atoms with Crippen molar-refractivity contribution in [3.05, 3.63) is 29.3 Å². The third-order valence-corrected chi connectivity index (χ3v) is 4.58. The van der Waals surface area contributed by atoms with Crippen LogP contribution in [0, 0.1) is 6.92 Å². The first kappa shape index (κ1) is 18.3. The summed E-state index contributed by atoms with van der Waals surface area (Å²) >= 11 is 1.71. The van der Waals surface area contributed by atoms with Crippen molar-refractivity contribution in [2.75, 3.05) is 26.9 Å². The lowest BCUT2D eigenvalue weighted by atomic mass is 10.3. The minimum absolute atomic E-state index is 0.460. The van der Waals surface area contributed by atoms with Gasteiger partial charge in [0.15, 0.2) is 0 Å². The van der Waals surface area contributed by atoms with Crippen LogP contribution in [0.5, 0.6) is 0 Å². The van der Waals surface area contributed by atoms with E-state index >= 15 is 0 Å². The number of fused-ring (bicyclic) bond motifs is 1. The summed E-state index contributed by atoms with van der Waals surface area (Å²) < 4.78 is 26.8. The minimum Gasteiger partial charge on any atom is -0.320 e. The topological polar surface area (TPSA) is 40.8 Å². The van der Waals surface area contributed by atoms with E-state index < -0.39 is 12.2 Å². The number of methoxy groups -OCH3 is 1. The van der Waals surface area contributed by atoms with Gasteiger partial charge in [0.05, 0.1) is 0 Å². The first-order valence-electron chi connectivity index (χ1n) is 7.97. The Morgan fingerprint density at radius 1 is 1.04 bits per heavy atom. The van der Waals surface area contributed by atoms with E-state index in [0.717, 1.165) is 10.5 Å². The molecule has 128 valence electrons. The van der Waals surface area contributed by atoms with E-state index in [2.05, 4.69) is 23.6 Å². The van der Waals surface area contributed by atoms with Crippen molar-refractivity contribution in [1.29, 1.82) is 0 Å². The number of aromatic nitrogens is 1. The van der Waals surface area contributed by atoms with Crippen LogP contribution >= 0.6 is 11.3 Å². The molecule has 1 heterocycles. The van der Waals surface area contributed by atoms with Crippen LogP contribution in [0.1, 0.15) is 32.0 Å². The average Bonchev–Trinajstić information content (AvgIpc) is 2.85. The fourth-order valence-electron chi connectivity index (χ4n) is 2.76. The summed E-state index contributed by atoms with van der Waals surface area (Å²) in [7, 11) is 1.65. The molecule has 0 aliphatic heterocycles. The van der Waals surface area contributed by atoms with Crippen LogP contribution in [-0.2, 0) is 18.9 Å². The lowest BCUT2D eigenvalue weighted by Gasteiger charge is -2.33. The van der Waals surface area contributed by atoms with Gasteiger partial charge in [0.2, 0.25) is 10.5 Å². The molecule has 5 nitrogen and oxygen atoms in total. The first-order chi connectivity index (χ1) is 11.1. The molecule has 0 radical (unpaired) electrons. The molecule has 0 saturated heterocycles. The van der Waals surface area contributed by atoms with E-state index in [9.17, 15) is 0 Å². The van der Waals surface area contributed by atoms with Crippen LogP contribution in [0.2, 0.25) is 0 Å². The molecule has 0 N–H and O–H groups in total. The molecular formula is C17H26NO4S+. The van der Waals surface area contributed by atoms with E-state index in [1.165, 1.54) is 4.70 Å². The van der Waals surface area contributed by atoms with Crippen molar-refractivity contribution in [1.82, 2.24) is 0 Å². The number of hydrogen-bond acceptors (Lipinski definition) is 5. The lowest BCUT2D eigenvalue weighted by Crippen LogP contribution is -2.59. The summed E-state index contributed by atoms with van der Waals surface area (Å²) in [6.45, 7) is 9.20. The smallest absolute Gasteiger partial charge is 0.320 e. The van der Waals surface area contributed by atoms with Gasteiger partial charge in [-0.25, -0.2) is 0 Å². The highest BCUT2D eigenvalue weighted by Crippen LogP contribution is 2.31. The normalized spacial score (nSPS) is 13.6. The zero-order valence-electron chi connectivity index (χ0n) is 14.5. The summed E-state index contributed by atoms with van der Waals surface area (Å²) in [5, 5.41) is 1.10. The summed E-state index contributed by atoms with van der Waals surface area (Å²) in [5.41, 5.74) is 1.07. The van der Waals surface area contributed by atoms with Crippen molar-refractivity contribution < 1.29 is 23.5 Å². The first-order valence-corrected chi connectivity index (χ1v) is 8.79. The fraction of sp³-hybridized carbons (Fsp3) is 0.588. The second-order valence-electron chi connectivity index (χ2n) is 4.95. The van der Waals surface area contributed by atoms with Crippen LogP contribution < -0.4 is 4.57 Å². The number of rotatable bonds is 9. The number of thiazole rings is 1. The van der Waals surface area contributed by atoms with Crippen LogP contribution in [0.3, 0.4) is 0 Å². The maximum absolute atomic E-state index is 5.91. The van der Waals surface area contributed by atoms with Crippen molar-refractivity contribution in [2.24, 2.45) is 0 Å². The standard InChI is InChI=1S/C17H26NO4S/c1-6-20-17(21-7-2,22-8-3)16(19-5)18-13(4)23-15-12-10-9-11-14(15)18/h9-12,16H,6-8H2,1-5H3/q+1. The zero-order chi connectivity index (χ0) is 16.9. The third kappa shape index (κ3) is 3.56. The highest BCUT2D eigenvalue weighted by Gasteiger charge is 2.52. The van der Waals surface area contributed by atoms with Crippen LogP contribution in [-0.4, -0.2) is 32.9 Å². The van der Waals surface area contributed by atoms with E-state index in [4.69, 9.17) is 18.9 Å². The van der Waals surface area contributed by atoms with E-state index in [0.29, 0.717) is 19.8 Å². The monoisotopic (exact) mass is 340 g/mol. The summed E-state index contributed by atoms with van der Waals surface area (Å²) in [6, 6.07) is 8.21. The predicted molar refractivity (Wildman–Crippen MR) is 90.4 cm³/mol. The molecule has 0 aliphatic rings. The lowest BCUT2D eigenvalue weighted by molar-refractivity contribution is -0.782. The maximum Gasteiger partial charge on any atom is 0.378 e. The zero-order valence-corrected chi connectivity index (χ0v) is 15.3. The summed E-state index contributed by atoms with van der Waals surface area (Å²) in [4.78, 5) is 0. The molecule has 1 atom stereocenters. The molecule has 0 saturated carbocycles. The molecule has 0 fully saturated rings. The van der Waals surface area contributed by atoms with E-state index in [1.807, 2.05) is 32.9 Å². The third-order valence-electron chi connectivity index (χ3n) is 3.52. The molecule has 6 heteroatoms. The Labute approximate surface area is 141 Å². The highest BCUT2D eigenvalue weighted by molar-refractivity contribution is 7.18. The second kappa shape index (κ2) is 8.17. The SMILES string of the molecule is CCOC(OCC)(OCC)C(OC)[n+]1c(C)sc2ccccc21. The molecule has 1 unspecified atom stereocenters. The van der Waals surface area contributed by atoms with Gasteiger partial charge in [0, 0.05) is 39.9 Å². The number of aryl methyl sites for hydroxylation is 1. The van der Waals surface area contributed by atoms with Gasteiger partial charge in [-0.05, 0) is 26.8 Å². The number of para-hydroxylation sites is 1. The minimum atomic E-state index is -1.27. The van der Waals surface area contributed by atoms with Crippen molar-refractivity contribution >= 4 is 21.6 Å². The molecule has 2 aromatic rings. The Morgan fingerprint density at radius 2 is 1.61 bits per heavy atom. The number of ether oxygens (including phenoxy) is 4. The van der Waals surface area contributed by atoms with Gasteiger partial charge in [0.25, 0.3) is 0 Å². The highest BCUT2D eigenvalue weighted by atomic mass is 32.1. The quantitative estimate of drug-likeness (QED) is 0.518. The molecule has 2 rings (SSSR count). The summed E-state index contributed by atoms with van der Waals surface area (Å²) in [6.07, 6.45) is -0.543. The average molecular weight is 340 g/mol. The molecular weight excluding hydrogens is 314 g/mol. The van der Waals surface area contributed by atoms with Gasteiger partial charge < -0.3 is 18.9 Å². The maximum atomic E-state index is 5.91. The number of nitrogens with zero attached hydrogens (tertiary/aromatic N) is 1. The molecule has 0 amide bonds.